The summed E-state index contributed by atoms with van der Waals surface area (Å²) in [5, 5.41) is 2.79. The number of nitrogens with one attached hydrogen (secondary N) is 1. The van der Waals surface area contributed by atoms with Crippen molar-refractivity contribution >= 4 is 17.5 Å². The molecule has 0 radical (unpaired) electrons. The molecule has 0 atom stereocenters. The zero-order valence-corrected chi connectivity index (χ0v) is 16.1. The number of rotatable bonds is 6. The molecular weight excluding hydrogens is 344 g/mol. The number of methoxy groups -OCH3 is 1. The molecule has 144 valence electrons. The highest BCUT2D eigenvalue weighted by atomic mass is 16.5. The average molecular weight is 370 g/mol. The molecular formula is C20H26N4O3. The first-order chi connectivity index (χ1) is 13.0. The molecule has 0 unspecified atom stereocenters. The summed E-state index contributed by atoms with van der Waals surface area (Å²) in [6.45, 7) is 5.92. The Bertz CT molecular complexity index is 789. The fraction of sp³-hybridized carbons (Fsp3) is 0.450. The normalized spacial score (nSPS) is 14.7. The van der Waals surface area contributed by atoms with E-state index in [4.69, 9.17) is 9.47 Å². The zero-order valence-electron chi connectivity index (χ0n) is 16.1. The van der Waals surface area contributed by atoms with Crippen LogP contribution in [0.1, 0.15) is 25.5 Å². The standard InChI is InChI=1S/C20H26N4O3/c1-14-8-10-24(11-9-14)20-21-15(2)12-19(23-20)27-13-18(25)22-16-6-4-5-7-17(16)26-3/h4-7,12,14H,8-11,13H2,1-3H3,(H,22,25). The number of carbonyl (C=O) groups excluding carboxylic acids is 1. The average Bonchev–Trinajstić information content (AvgIpc) is 2.67. The van der Waals surface area contributed by atoms with Gasteiger partial charge in [0, 0.05) is 24.8 Å². The Labute approximate surface area is 159 Å². The first kappa shape index (κ1) is 18.9. The van der Waals surface area contributed by atoms with Crippen molar-refractivity contribution in [2.75, 3.05) is 37.0 Å². The molecule has 1 saturated heterocycles. The fourth-order valence-electron chi connectivity index (χ4n) is 3.02. The van der Waals surface area contributed by atoms with E-state index in [0.717, 1.165) is 37.5 Å². The van der Waals surface area contributed by atoms with E-state index in [9.17, 15) is 4.79 Å². The second-order valence-electron chi connectivity index (χ2n) is 6.85. The van der Waals surface area contributed by atoms with Gasteiger partial charge >= 0.3 is 0 Å². The van der Waals surface area contributed by atoms with E-state index in [1.54, 1.807) is 25.3 Å². The van der Waals surface area contributed by atoms with Crippen LogP contribution in [0.3, 0.4) is 0 Å². The summed E-state index contributed by atoms with van der Waals surface area (Å²) in [4.78, 5) is 23.4. The molecule has 1 amide bonds. The minimum atomic E-state index is -0.274. The van der Waals surface area contributed by atoms with Crippen LogP contribution in [-0.4, -0.2) is 42.7 Å². The lowest BCUT2D eigenvalue weighted by Crippen LogP contribution is -2.34. The van der Waals surface area contributed by atoms with Crippen LogP contribution in [0.5, 0.6) is 11.6 Å². The number of ether oxygens (including phenoxy) is 2. The van der Waals surface area contributed by atoms with Gasteiger partial charge in [-0.15, -0.1) is 0 Å². The summed E-state index contributed by atoms with van der Waals surface area (Å²) in [5.74, 6) is 2.14. The maximum Gasteiger partial charge on any atom is 0.262 e. The van der Waals surface area contributed by atoms with Crippen LogP contribution in [-0.2, 0) is 4.79 Å². The Morgan fingerprint density at radius 3 is 2.74 bits per heavy atom. The third-order valence-electron chi connectivity index (χ3n) is 4.62. The summed E-state index contributed by atoms with van der Waals surface area (Å²) in [5.41, 5.74) is 1.43. The molecule has 2 aromatic rings. The van der Waals surface area contributed by atoms with Crippen molar-refractivity contribution in [2.45, 2.75) is 26.7 Å². The molecule has 0 bridgehead atoms. The molecule has 7 heteroatoms. The molecule has 7 nitrogen and oxygen atoms in total. The molecule has 0 saturated carbocycles. The van der Waals surface area contributed by atoms with Crippen LogP contribution in [0.25, 0.3) is 0 Å². The lowest BCUT2D eigenvalue weighted by Gasteiger charge is -2.30. The van der Waals surface area contributed by atoms with Gasteiger partial charge in [-0.2, -0.15) is 4.98 Å². The van der Waals surface area contributed by atoms with Crippen molar-refractivity contribution < 1.29 is 14.3 Å². The summed E-state index contributed by atoms with van der Waals surface area (Å²) in [7, 11) is 1.56. The summed E-state index contributed by atoms with van der Waals surface area (Å²) in [6.07, 6.45) is 2.27. The Kier molecular flexibility index (Phi) is 6.11. The van der Waals surface area contributed by atoms with Gasteiger partial charge in [0.2, 0.25) is 11.8 Å². The van der Waals surface area contributed by atoms with Crippen molar-refractivity contribution in [1.29, 1.82) is 0 Å². The second kappa shape index (κ2) is 8.70. The minimum Gasteiger partial charge on any atom is -0.495 e. The van der Waals surface area contributed by atoms with E-state index in [1.807, 2.05) is 19.1 Å². The van der Waals surface area contributed by atoms with Crippen molar-refractivity contribution in [1.82, 2.24) is 9.97 Å². The van der Waals surface area contributed by atoms with E-state index < -0.39 is 0 Å². The maximum atomic E-state index is 12.2. The quantitative estimate of drug-likeness (QED) is 0.842. The van der Waals surface area contributed by atoms with Crippen molar-refractivity contribution in [3.05, 3.63) is 36.0 Å². The van der Waals surface area contributed by atoms with Gasteiger partial charge in [-0.1, -0.05) is 19.1 Å². The molecule has 1 aliphatic heterocycles. The molecule has 1 aliphatic rings. The van der Waals surface area contributed by atoms with Gasteiger partial charge in [0.15, 0.2) is 6.61 Å². The third-order valence-corrected chi connectivity index (χ3v) is 4.62. The van der Waals surface area contributed by atoms with Gasteiger partial charge in [0.05, 0.1) is 12.8 Å². The van der Waals surface area contributed by atoms with Crippen LogP contribution in [0.2, 0.25) is 0 Å². The summed E-state index contributed by atoms with van der Waals surface area (Å²) in [6, 6.07) is 8.99. The predicted octanol–water partition coefficient (Wildman–Crippen LogP) is 3.05. The number of benzene rings is 1. The van der Waals surface area contributed by atoms with Crippen LogP contribution < -0.4 is 19.7 Å². The third kappa shape index (κ3) is 5.09. The van der Waals surface area contributed by atoms with Gasteiger partial charge in [-0.05, 0) is 37.8 Å². The van der Waals surface area contributed by atoms with Gasteiger partial charge in [0.25, 0.3) is 5.91 Å². The maximum absolute atomic E-state index is 12.2. The van der Waals surface area contributed by atoms with Gasteiger partial charge in [0.1, 0.15) is 5.75 Å². The number of anilines is 2. The van der Waals surface area contributed by atoms with Crippen molar-refractivity contribution in [3.63, 3.8) is 0 Å². The second-order valence-corrected chi connectivity index (χ2v) is 6.85. The molecule has 2 heterocycles. The molecule has 1 aromatic carbocycles. The van der Waals surface area contributed by atoms with E-state index in [1.165, 1.54) is 0 Å². The van der Waals surface area contributed by atoms with Crippen LogP contribution >= 0.6 is 0 Å². The number of amides is 1. The van der Waals surface area contributed by atoms with Crippen LogP contribution in [0, 0.1) is 12.8 Å². The SMILES string of the molecule is COc1ccccc1NC(=O)COc1cc(C)nc(N2CCC(C)CC2)n1. The zero-order chi connectivity index (χ0) is 19.2. The lowest BCUT2D eigenvalue weighted by molar-refractivity contribution is -0.118. The molecule has 1 N–H and O–H groups in total. The number of hydrogen-bond acceptors (Lipinski definition) is 6. The molecule has 27 heavy (non-hydrogen) atoms. The molecule has 1 aromatic heterocycles. The highest BCUT2D eigenvalue weighted by Gasteiger charge is 2.19. The molecule has 1 fully saturated rings. The van der Waals surface area contributed by atoms with Crippen LogP contribution in [0.4, 0.5) is 11.6 Å². The van der Waals surface area contributed by atoms with E-state index >= 15 is 0 Å². The highest BCUT2D eigenvalue weighted by molar-refractivity contribution is 5.93. The Morgan fingerprint density at radius 2 is 2.00 bits per heavy atom. The number of nitrogens with zero attached hydrogens (tertiary/aromatic N) is 3. The highest BCUT2D eigenvalue weighted by Crippen LogP contribution is 2.24. The predicted molar refractivity (Wildman–Crippen MR) is 104 cm³/mol. The smallest absolute Gasteiger partial charge is 0.262 e. The Balaban J connectivity index is 1.61. The molecule has 3 rings (SSSR count). The first-order valence-corrected chi connectivity index (χ1v) is 9.21. The lowest BCUT2D eigenvalue weighted by atomic mass is 10.00. The van der Waals surface area contributed by atoms with Crippen molar-refractivity contribution in [3.8, 4) is 11.6 Å². The van der Waals surface area contributed by atoms with Crippen LogP contribution in [0.15, 0.2) is 30.3 Å². The number of carbonyl (C=O) groups is 1. The first-order valence-electron chi connectivity index (χ1n) is 9.21. The largest absolute Gasteiger partial charge is 0.495 e. The number of hydrogen-bond donors (Lipinski definition) is 1. The number of aromatic nitrogens is 2. The van der Waals surface area contributed by atoms with Gasteiger partial charge in [-0.25, -0.2) is 4.98 Å². The number of para-hydroxylation sites is 2. The Hall–Kier alpha value is -2.83. The van der Waals surface area contributed by atoms with Gasteiger partial charge < -0.3 is 19.7 Å². The molecule has 0 aliphatic carbocycles. The summed E-state index contributed by atoms with van der Waals surface area (Å²) >= 11 is 0. The number of piperidine rings is 1. The minimum absolute atomic E-state index is 0.134. The molecule has 0 spiro atoms. The van der Waals surface area contributed by atoms with Crippen molar-refractivity contribution in [2.24, 2.45) is 5.92 Å². The fourth-order valence-corrected chi connectivity index (χ4v) is 3.02. The van der Waals surface area contributed by atoms with E-state index in [-0.39, 0.29) is 12.5 Å². The Morgan fingerprint density at radius 1 is 1.26 bits per heavy atom. The number of aryl methyl sites for hydroxylation is 1. The topological polar surface area (TPSA) is 76.6 Å². The van der Waals surface area contributed by atoms with E-state index in [2.05, 4.69) is 27.1 Å². The summed E-state index contributed by atoms with van der Waals surface area (Å²) < 4.78 is 10.8. The van der Waals surface area contributed by atoms with E-state index in [0.29, 0.717) is 23.3 Å². The monoisotopic (exact) mass is 370 g/mol. The van der Waals surface area contributed by atoms with Gasteiger partial charge in [-0.3, -0.25) is 4.79 Å².